The quantitative estimate of drug-likeness (QED) is 0.688. The Hall–Kier alpha value is -3.22. The van der Waals surface area contributed by atoms with Crippen molar-refractivity contribution in [3.63, 3.8) is 0 Å². The molecule has 1 saturated carbocycles. The van der Waals surface area contributed by atoms with Gasteiger partial charge in [0.15, 0.2) is 0 Å². The molecule has 0 aliphatic heterocycles. The molecule has 3 aromatic rings. The zero-order chi connectivity index (χ0) is 19.7. The second-order valence-corrected chi connectivity index (χ2v) is 7.26. The molecular weight excluding hydrogens is 354 g/mol. The Labute approximate surface area is 162 Å². The van der Waals surface area contributed by atoms with Crippen LogP contribution in [0.1, 0.15) is 25.3 Å². The molecule has 0 atom stereocenters. The second-order valence-electron chi connectivity index (χ2n) is 7.26. The molecule has 7 nitrogen and oxygen atoms in total. The maximum absolute atomic E-state index is 12.6. The molecule has 7 heteroatoms. The molecule has 0 unspecified atom stereocenters. The minimum absolute atomic E-state index is 0.0219. The largest absolute Gasteiger partial charge is 0.367 e. The van der Waals surface area contributed by atoms with E-state index in [1.54, 1.807) is 13.4 Å². The van der Waals surface area contributed by atoms with Crippen LogP contribution in [0.2, 0.25) is 0 Å². The van der Waals surface area contributed by atoms with Crippen LogP contribution in [-0.4, -0.2) is 33.0 Å². The monoisotopic (exact) mass is 377 g/mol. The number of nitrogens with zero attached hydrogens (tertiary/aromatic N) is 3. The second kappa shape index (κ2) is 7.42. The van der Waals surface area contributed by atoms with Gasteiger partial charge < -0.3 is 15.2 Å². The van der Waals surface area contributed by atoms with Gasteiger partial charge in [0.2, 0.25) is 5.91 Å². The first-order chi connectivity index (χ1) is 13.5. The molecule has 0 saturated heterocycles. The predicted octanol–water partition coefficient (Wildman–Crippen LogP) is 2.25. The molecule has 0 radical (unpaired) electrons. The smallest absolute Gasteiger partial charge is 0.264 e. The van der Waals surface area contributed by atoms with Crippen LogP contribution in [0.4, 0.5) is 5.82 Å². The van der Waals surface area contributed by atoms with Gasteiger partial charge in [0.1, 0.15) is 11.2 Å². The molecule has 0 bridgehead atoms. The van der Waals surface area contributed by atoms with E-state index in [4.69, 9.17) is 4.98 Å². The summed E-state index contributed by atoms with van der Waals surface area (Å²) in [6.07, 6.45) is 4.51. The van der Waals surface area contributed by atoms with E-state index >= 15 is 0 Å². The summed E-state index contributed by atoms with van der Waals surface area (Å²) < 4.78 is 1.48. The number of amides is 1. The number of anilines is 1. The summed E-state index contributed by atoms with van der Waals surface area (Å²) in [6.45, 7) is 2.13. The third kappa shape index (κ3) is 3.88. The summed E-state index contributed by atoms with van der Waals surface area (Å²) >= 11 is 0. The zero-order valence-electron chi connectivity index (χ0n) is 16.0. The van der Waals surface area contributed by atoms with Crippen LogP contribution in [0.3, 0.4) is 0 Å². The topological polar surface area (TPSA) is 88.9 Å². The fraction of sp³-hybridized carbons (Fsp3) is 0.333. The van der Waals surface area contributed by atoms with Crippen molar-refractivity contribution in [3.8, 4) is 11.3 Å². The van der Waals surface area contributed by atoms with E-state index < -0.39 is 0 Å². The van der Waals surface area contributed by atoms with Crippen molar-refractivity contribution in [1.29, 1.82) is 0 Å². The minimum Gasteiger partial charge on any atom is -0.367 e. The molecule has 4 rings (SSSR count). The molecular formula is C21H23N5O2. The van der Waals surface area contributed by atoms with E-state index in [1.165, 1.54) is 11.5 Å². The molecule has 1 fully saturated rings. The van der Waals surface area contributed by atoms with Crippen LogP contribution in [0.25, 0.3) is 22.2 Å². The number of rotatable bonds is 6. The van der Waals surface area contributed by atoms with Crippen molar-refractivity contribution >= 4 is 22.6 Å². The van der Waals surface area contributed by atoms with Crippen LogP contribution in [0.15, 0.2) is 41.5 Å². The SMILES string of the molecule is CC(=O)NCCc1ccc(-c2cc3ncn(C)c(=O)c3c(NC3CC3)n2)cc1. The highest BCUT2D eigenvalue weighted by Gasteiger charge is 2.24. The fourth-order valence-corrected chi connectivity index (χ4v) is 3.12. The average molecular weight is 377 g/mol. The first-order valence-electron chi connectivity index (χ1n) is 9.48. The van der Waals surface area contributed by atoms with Crippen LogP contribution < -0.4 is 16.2 Å². The normalized spacial score (nSPS) is 13.5. The van der Waals surface area contributed by atoms with E-state index in [-0.39, 0.29) is 11.5 Å². The predicted molar refractivity (Wildman–Crippen MR) is 109 cm³/mol. The molecule has 1 aromatic carbocycles. The van der Waals surface area contributed by atoms with Crippen molar-refractivity contribution in [1.82, 2.24) is 19.9 Å². The molecule has 0 spiro atoms. The number of carbonyl (C=O) groups excluding carboxylic acids is 1. The number of nitrogens with one attached hydrogen (secondary N) is 2. The van der Waals surface area contributed by atoms with Gasteiger partial charge in [0.25, 0.3) is 5.56 Å². The summed E-state index contributed by atoms with van der Waals surface area (Å²) in [6, 6.07) is 10.3. The number of hydrogen-bond acceptors (Lipinski definition) is 5. The maximum atomic E-state index is 12.6. The van der Waals surface area contributed by atoms with E-state index in [1.807, 2.05) is 30.3 Å². The molecule has 2 N–H and O–H groups in total. The number of benzene rings is 1. The van der Waals surface area contributed by atoms with E-state index in [9.17, 15) is 9.59 Å². The van der Waals surface area contributed by atoms with Crippen molar-refractivity contribution < 1.29 is 4.79 Å². The third-order valence-electron chi connectivity index (χ3n) is 4.86. The highest BCUT2D eigenvalue weighted by atomic mass is 16.1. The summed E-state index contributed by atoms with van der Waals surface area (Å²) in [7, 11) is 1.70. The minimum atomic E-state index is -0.0967. The number of fused-ring (bicyclic) bond motifs is 1. The molecule has 2 aromatic heterocycles. The van der Waals surface area contributed by atoms with Crippen molar-refractivity contribution in [2.75, 3.05) is 11.9 Å². The van der Waals surface area contributed by atoms with Gasteiger partial charge in [0.05, 0.1) is 17.5 Å². The van der Waals surface area contributed by atoms with Crippen LogP contribution in [0, 0.1) is 0 Å². The van der Waals surface area contributed by atoms with Crippen molar-refractivity contribution in [3.05, 3.63) is 52.6 Å². The van der Waals surface area contributed by atoms with Gasteiger partial charge in [0, 0.05) is 32.1 Å². The number of aryl methyl sites for hydroxylation is 1. The van der Waals surface area contributed by atoms with Crippen LogP contribution in [0.5, 0.6) is 0 Å². The summed E-state index contributed by atoms with van der Waals surface area (Å²) in [5.74, 6) is 0.588. The van der Waals surface area contributed by atoms with Gasteiger partial charge in [-0.25, -0.2) is 9.97 Å². The molecule has 1 aliphatic rings. The standard InChI is InChI=1S/C21H23N5O2/c1-13(27)22-10-9-14-3-5-15(6-4-14)17-11-18-19(21(28)26(2)12-23-18)20(25-17)24-16-7-8-16/h3-6,11-12,16H,7-10H2,1-2H3,(H,22,27)(H,24,25). The van der Waals surface area contributed by atoms with Gasteiger partial charge in [-0.3, -0.25) is 9.59 Å². The lowest BCUT2D eigenvalue weighted by molar-refractivity contribution is -0.118. The van der Waals surface area contributed by atoms with Gasteiger partial charge in [-0.1, -0.05) is 24.3 Å². The Kier molecular flexibility index (Phi) is 4.81. The molecule has 144 valence electrons. The Morgan fingerprint density at radius 2 is 2.00 bits per heavy atom. The number of aromatic nitrogens is 3. The molecule has 1 amide bonds. The van der Waals surface area contributed by atoms with E-state index in [0.29, 0.717) is 29.3 Å². The number of hydrogen-bond donors (Lipinski definition) is 2. The number of carbonyl (C=O) groups is 1. The lowest BCUT2D eigenvalue weighted by Crippen LogP contribution is -2.22. The Morgan fingerprint density at radius 1 is 1.25 bits per heavy atom. The summed E-state index contributed by atoms with van der Waals surface area (Å²) in [5, 5.41) is 6.72. The number of pyridine rings is 1. The highest BCUT2D eigenvalue weighted by molar-refractivity contribution is 5.91. The third-order valence-corrected chi connectivity index (χ3v) is 4.86. The van der Waals surface area contributed by atoms with Gasteiger partial charge in [-0.2, -0.15) is 0 Å². The zero-order valence-corrected chi connectivity index (χ0v) is 16.0. The molecule has 2 heterocycles. The summed E-state index contributed by atoms with van der Waals surface area (Å²) in [5.41, 5.74) is 3.43. The van der Waals surface area contributed by atoms with Gasteiger partial charge in [-0.15, -0.1) is 0 Å². The Balaban J connectivity index is 1.67. The average Bonchev–Trinajstić information content (AvgIpc) is 3.49. The first kappa shape index (κ1) is 18.2. The van der Waals surface area contributed by atoms with Gasteiger partial charge >= 0.3 is 0 Å². The molecule has 1 aliphatic carbocycles. The van der Waals surface area contributed by atoms with E-state index in [0.717, 1.165) is 36.1 Å². The Bertz CT molecular complexity index is 1080. The maximum Gasteiger partial charge on any atom is 0.264 e. The summed E-state index contributed by atoms with van der Waals surface area (Å²) in [4.78, 5) is 32.8. The first-order valence-corrected chi connectivity index (χ1v) is 9.48. The van der Waals surface area contributed by atoms with Crippen LogP contribution in [-0.2, 0) is 18.3 Å². The van der Waals surface area contributed by atoms with E-state index in [2.05, 4.69) is 15.6 Å². The van der Waals surface area contributed by atoms with Crippen LogP contribution >= 0.6 is 0 Å². The van der Waals surface area contributed by atoms with Gasteiger partial charge in [-0.05, 0) is 30.9 Å². The highest BCUT2D eigenvalue weighted by Crippen LogP contribution is 2.29. The lowest BCUT2D eigenvalue weighted by Gasteiger charge is -2.11. The fourth-order valence-electron chi connectivity index (χ4n) is 3.12. The Morgan fingerprint density at radius 3 is 2.68 bits per heavy atom. The lowest BCUT2D eigenvalue weighted by atomic mass is 10.1. The molecule has 28 heavy (non-hydrogen) atoms. The van der Waals surface area contributed by atoms with Crippen molar-refractivity contribution in [2.45, 2.75) is 32.2 Å². The van der Waals surface area contributed by atoms with Crippen molar-refractivity contribution in [2.24, 2.45) is 7.05 Å².